The number of aromatic nitrogens is 1. The third-order valence-corrected chi connectivity index (χ3v) is 4.53. The number of oxazole rings is 1. The van der Waals surface area contributed by atoms with E-state index in [1.54, 1.807) is 30.3 Å². The molecule has 1 aromatic heterocycles. The zero-order chi connectivity index (χ0) is 18.8. The number of fused-ring (bicyclic) bond motifs is 1. The smallest absolute Gasteiger partial charge is 0.228 e. The Morgan fingerprint density at radius 3 is 2.37 bits per heavy atom. The second-order valence-corrected chi connectivity index (χ2v) is 6.93. The van der Waals surface area contributed by atoms with Crippen LogP contribution in [0.5, 0.6) is 0 Å². The molecule has 0 radical (unpaired) electrons. The molecule has 3 aromatic carbocycles. The molecular formula is C21H14Cl2N2O2. The van der Waals surface area contributed by atoms with Gasteiger partial charge in [-0.25, -0.2) is 4.98 Å². The number of hydrogen-bond acceptors (Lipinski definition) is 3. The first kappa shape index (κ1) is 17.6. The van der Waals surface area contributed by atoms with Crippen LogP contribution in [0, 0.1) is 0 Å². The van der Waals surface area contributed by atoms with Crippen molar-refractivity contribution in [2.24, 2.45) is 0 Å². The molecule has 1 N–H and O–H groups in total. The third kappa shape index (κ3) is 4.13. The van der Waals surface area contributed by atoms with Gasteiger partial charge in [-0.05, 0) is 60.2 Å². The third-order valence-electron chi connectivity index (χ3n) is 4.04. The second-order valence-electron chi connectivity index (χ2n) is 6.06. The van der Waals surface area contributed by atoms with Crippen molar-refractivity contribution in [3.05, 3.63) is 82.3 Å². The van der Waals surface area contributed by atoms with Crippen molar-refractivity contribution in [1.29, 1.82) is 0 Å². The minimum Gasteiger partial charge on any atom is -0.436 e. The van der Waals surface area contributed by atoms with Crippen LogP contribution >= 0.6 is 23.2 Å². The molecule has 0 aliphatic heterocycles. The predicted molar refractivity (Wildman–Crippen MR) is 108 cm³/mol. The zero-order valence-electron chi connectivity index (χ0n) is 14.1. The van der Waals surface area contributed by atoms with Gasteiger partial charge in [0, 0.05) is 21.3 Å². The molecule has 1 amide bonds. The number of rotatable bonds is 4. The van der Waals surface area contributed by atoms with Crippen LogP contribution < -0.4 is 5.32 Å². The summed E-state index contributed by atoms with van der Waals surface area (Å²) in [6, 6.07) is 19.9. The highest BCUT2D eigenvalue weighted by molar-refractivity contribution is 6.31. The maximum absolute atomic E-state index is 12.2. The summed E-state index contributed by atoms with van der Waals surface area (Å²) < 4.78 is 5.75. The highest BCUT2D eigenvalue weighted by Gasteiger charge is 2.09. The fourth-order valence-electron chi connectivity index (χ4n) is 2.71. The molecule has 27 heavy (non-hydrogen) atoms. The van der Waals surface area contributed by atoms with E-state index in [9.17, 15) is 4.79 Å². The van der Waals surface area contributed by atoms with Crippen LogP contribution in [0.15, 0.2) is 71.1 Å². The van der Waals surface area contributed by atoms with Gasteiger partial charge in [0.15, 0.2) is 5.58 Å². The number of carbonyl (C=O) groups excluding carboxylic acids is 1. The van der Waals surface area contributed by atoms with E-state index < -0.39 is 0 Å². The molecule has 0 atom stereocenters. The summed E-state index contributed by atoms with van der Waals surface area (Å²) >= 11 is 11.8. The Labute approximate surface area is 165 Å². The molecular weight excluding hydrogens is 383 g/mol. The Morgan fingerprint density at radius 2 is 1.63 bits per heavy atom. The molecule has 0 aliphatic rings. The van der Waals surface area contributed by atoms with Crippen molar-refractivity contribution in [3.63, 3.8) is 0 Å². The van der Waals surface area contributed by atoms with Gasteiger partial charge < -0.3 is 9.73 Å². The summed E-state index contributed by atoms with van der Waals surface area (Å²) in [5.74, 6) is 0.410. The standard InChI is InChI=1S/C21H14Cl2N2O2/c22-15-5-1-13(2-6-15)11-20(26)24-17-8-3-14(4-9-17)21-25-18-12-16(23)7-10-19(18)27-21/h1-10,12H,11H2,(H,24,26). The van der Waals surface area contributed by atoms with Gasteiger partial charge in [0.25, 0.3) is 0 Å². The molecule has 1 heterocycles. The SMILES string of the molecule is O=C(Cc1ccc(Cl)cc1)Nc1ccc(-c2nc3cc(Cl)ccc3o2)cc1. The van der Waals surface area contributed by atoms with Crippen molar-refractivity contribution in [1.82, 2.24) is 4.98 Å². The molecule has 0 fully saturated rings. The first-order valence-electron chi connectivity index (χ1n) is 8.28. The van der Waals surface area contributed by atoms with Crippen LogP contribution in [0.2, 0.25) is 10.0 Å². The van der Waals surface area contributed by atoms with Gasteiger partial charge in [-0.1, -0.05) is 35.3 Å². The molecule has 4 nitrogen and oxygen atoms in total. The van der Waals surface area contributed by atoms with E-state index in [1.807, 2.05) is 36.4 Å². The van der Waals surface area contributed by atoms with Crippen molar-refractivity contribution in [2.75, 3.05) is 5.32 Å². The van der Waals surface area contributed by atoms with Crippen LogP contribution in [0.25, 0.3) is 22.6 Å². The Balaban J connectivity index is 1.46. The van der Waals surface area contributed by atoms with Crippen LogP contribution in [-0.4, -0.2) is 10.9 Å². The van der Waals surface area contributed by atoms with Crippen LogP contribution in [0.4, 0.5) is 5.69 Å². The van der Waals surface area contributed by atoms with Crippen molar-refractivity contribution in [3.8, 4) is 11.5 Å². The minimum absolute atomic E-state index is 0.0958. The predicted octanol–water partition coefficient (Wildman–Crippen LogP) is 5.98. The van der Waals surface area contributed by atoms with Crippen LogP contribution in [-0.2, 0) is 11.2 Å². The van der Waals surface area contributed by atoms with E-state index in [1.165, 1.54) is 0 Å². The molecule has 4 rings (SSSR count). The summed E-state index contributed by atoms with van der Waals surface area (Å²) in [5.41, 5.74) is 3.81. The zero-order valence-corrected chi connectivity index (χ0v) is 15.6. The van der Waals surface area contributed by atoms with Gasteiger partial charge in [-0.2, -0.15) is 0 Å². The number of nitrogens with one attached hydrogen (secondary N) is 1. The Bertz CT molecular complexity index is 1100. The normalized spacial score (nSPS) is 10.9. The molecule has 0 saturated heterocycles. The summed E-state index contributed by atoms with van der Waals surface area (Å²) in [6.45, 7) is 0. The second kappa shape index (κ2) is 7.43. The summed E-state index contributed by atoms with van der Waals surface area (Å²) in [5, 5.41) is 4.14. The number of carbonyl (C=O) groups is 1. The van der Waals surface area contributed by atoms with Gasteiger partial charge in [0.1, 0.15) is 5.52 Å². The van der Waals surface area contributed by atoms with Crippen LogP contribution in [0.3, 0.4) is 0 Å². The molecule has 0 unspecified atom stereocenters. The fraction of sp³-hybridized carbons (Fsp3) is 0.0476. The van der Waals surface area contributed by atoms with E-state index in [0.29, 0.717) is 32.7 Å². The van der Waals surface area contributed by atoms with Crippen molar-refractivity contribution >= 4 is 45.9 Å². The van der Waals surface area contributed by atoms with E-state index in [-0.39, 0.29) is 12.3 Å². The number of nitrogens with zero attached hydrogens (tertiary/aromatic N) is 1. The molecule has 4 aromatic rings. The van der Waals surface area contributed by atoms with Crippen molar-refractivity contribution < 1.29 is 9.21 Å². The number of hydrogen-bond donors (Lipinski definition) is 1. The topological polar surface area (TPSA) is 55.1 Å². The average molecular weight is 397 g/mol. The molecule has 0 spiro atoms. The Morgan fingerprint density at radius 1 is 0.926 bits per heavy atom. The lowest BCUT2D eigenvalue weighted by molar-refractivity contribution is -0.115. The lowest BCUT2D eigenvalue weighted by Gasteiger charge is -2.06. The van der Waals surface area contributed by atoms with Crippen molar-refractivity contribution in [2.45, 2.75) is 6.42 Å². The molecule has 0 bridgehead atoms. The largest absolute Gasteiger partial charge is 0.436 e. The van der Waals surface area contributed by atoms with Gasteiger partial charge in [-0.15, -0.1) is 0 Å². The summed E-state index contributed by atoms with van der Waals surface area (Å²) in [4.78, 5) is 16.6. The maximum atomic E-state index is 12.2. The Kier molecular flexibility index (Phi) is 4.84. The lowest BCUT2D eigenvalue weighted by atomic mass is 10.1. The molecule has 6 heteroatoms. The highest BCUT2D eigenvalue weighted by atomic mass is 35.5. The monoisotopic (exact) mass is 396 g/mol. The fourth-order valence-corrected chi connectivity index (χ4v) is 3.01. The average Bonchev–Trinajstić information content (AvgIpc) is 3.07. The summed E-state index contributed by atoms with van der Waals surface area (Å²) in [7, 11) is 0. The molecule has 0 saturated carbocycles. The highest BCUT2D eigenvalue weighted by Crippen LogP contribution is 2.27. The van der Waals surface area contributed by atoms with Gasteiger partial charge in [-0.3, -0.25) is 4.79 Å². The van der Waals surface area contributed by atoms with Gasteiger partial charge >= 0.3 is 0 Å². The van der Waals surface area contributed by atoms with E-state index >= 15 is 0 Å². The quantitative estimate of drug-likeness (QED) is 0.461. The van der Waals surface area contributed by atoms with Gasteiger partial charge in [0.2, 0.25) is 11.8 Å². The lowest BCUT2D eigenvalue weighted by Crippen LogP contribution is -2.14. The van der Waals surface area contributed by atoms with E-state index in [2.05, 4.69) is 10.3 Å². The maximum Gasteiger partial charge on any atom is 0.228 e. The first-order chi connectivity index (χ1) is 13.1. The molecule has 134 valence electrons. The number of anilines is 1. The van der Waals surface area contributed by atoms with Crippen LogP contribution in [0.1, 0.15) is 5.56 Å². The number of amides is 1. The minimum atomic E-state index is -0.0958. The Hall–Kier alpha value is -2.82. The number of halogens is 2. The van der Waals surface area contributed by atoms with Gasteiger partial charge in [0.05, 0.1) is 6.42 Å². The first-order valence-corrected chi connectivity index (χ1v) is 9.03. The van der Waals surface area contributed by atoms with E-state index in [0.717, 1.165) is 11.1 Å². The number of benzene rings is 3. The molecule has 0 aliphatic carbocycles. The van der Waals surface area contributed by atoms with E-state index in [4.69, 9.17) is 27.6 Å². The summed E-state index contributed by atoms with van der Waals surface area (Å²) in [6.07, 6.45) is 0.283.